The van der Waals surface area contributed by atoms with Gasteiger partial charge in [0, 0.05) is 62.7 Å². The zero-order valence-electron chi connectivity index (χ0n) is 24.2. The number of aliphatic carboxylic acids is 1. The topological polar surface area (TPSA) is 184 Å². The lowest BCUT2D eigenvalue weighted by molar-refractivity contribution is -0.384. The van der Waals surface area contributed by atoms with Crippen molar-refractivity contribution in [1.82, 2.24) is 0 Å². The second-order valence-corrected chi connectivity index (χ2v) is 10.8. The van der Waals surface area contributed by atoms with Crippen molar-refractivity contribution in [3.8, 4) is 5.75 Å². The molecule has 14 nitrogen and oxygen atoms in total. The number of carboxylic acid groups (broad SMARTS) is 1. The first-order valence-electron chi connectivity index (χ1n) is 13.6. The Kier molecular flexibility index (Phi) is 9.95. The first-order chi connectivity index (χ1) is 20.7. The number of nitrogens with zero attached hydrogens (tertiary/aromatic N) is 2. The molecule has 2 aromatic carbocycles. The van der Waals surface area contributed by atoms with E-state index in [2.05, 4.69) is 0 Å². The summed E-state index contributed by atoms with van der Waals surface area (Å²) >= 11 is 6.61. The van der Waals surface area contributed by atoms with Crippen molar-refractivity contribution in [3.05, 3.63) is 57.1 Å². The molecule has 2 aromatic rings. The molecule has 0 N–H and O–H groups in total. The number of carboxylic acids is 1. The van der Waals surface area contributed by atoms with Crippen molar-refractivity contribution < 1.29 is 52.9 Å². The van der Waals surface area contributed by atoms with Crippen LogP contribution in [0, 0.1) is 16.0 Å². The molecule has 0 bridgehead atoms. The third-order valence-corrected chi connectivity index (χ3v) is 7.48. The molecule has 2 heterocycles. The number of carbonyl (C=O) groups excluding carboxylic acids is 4. The van der Waals surface area contributed by atoms with Crippen LogP contribution in [0.4, 0.5) is 17.1 Å². The van der Waals surface area contributed by atoms with E-state index in [9.17, 15) is 34.4 Å². The molecule has 2 aliphatic heterocycles. The summed E-state index contributed by atoms with van der Waals surface area (Å²) in [5, 5.41) is 23.1. The molecular weight excluding hydrogens is 604 g/mol. The molecule has 2 aliphatic rings. The normalized spacial score (nSPS) is 23.2. The van der Waals surface area contributed by atoms with Crippen LogP contribution in [0.15, 0.2) is 36.4 Å². The lowest BCUT2D eigenvalue weighted by atomic mass is 9.84. The van der Waals surface area contributed by atoms with Crippen molar-refractivity contribution >= 4 is 52.5 Å². The van der Waals surface area contributed by atoms with Crippen molar-refractivity contribution in [3.63, 3.8) is 0 Å². The summed E-state index contributed by atoms with van der Waals surface area (Å²) in [6.07, 6.45) is -6.63. The summed E-state index contributed by atoms with van der Waals surface area (Å²) < 4.78 is 28.2. The number of hydrogen-bond donors (Lipinski definition) is 0. The number of carbonyl (C=O) groups is 4. The molecule has 0 aromatic heterocycles. The number of hydrogen-bond acceptors (Lipinski definition) is 13. The molecule has 6 atom stereocenters. The van der Waals surface area contributed by atoms with E-state index in [0.717, 1.165) is 32.0 Å². The second-order valence-electron chi connectivity index (χ2n) is 10.4. The minimum absolute atomic E-state index is 0.00329. The average molecular weight is 634 g/mol. The third kappa shape index (κ3) is 7.37. The van der Waals surface area contributed by atoms with Crippen LogP contribution in [-0.2, 0) is 44.5 Å². The number of nitro groups is 1. The molecule has 15 heteroatoms. The lowest BCUT2D eigenvalue weighted by Crippen LogP contribution is -2.62. The predicted molar refractivity (Wildman–Crippen MR) is 150 cm³/mol. The fraction of sp³-hybridized carbons (Fsp3) is 0.448. The highest BCUT2D eigenvalue weighted by molar-refractivity contribution is 6.32. The number of ether oxygens (including phenoxy) is 5. The molecule has 0 unspecified atom stereocenters. The van der Waals surface area contributed by atoms with E-state index in [0.29, 0.717) is 18.7 Å². The summed E-state index contributed by atoms with van der Waals surface area (Å²) in [6.45, 7) is 5.38. The van der Waals surface area contributed by atoms with Crippen molar-refractivity contribution in [2.75, 3.05) is 11.4 Å². The van der Waals surface area contributed by atoms with E-state index < -0.39 is 71.8 Å². The first-order valence-corrected chi connectivity index (χ1v) is 14.0. The zero-order chi connectivity index (χ0) is 32.3. The minimum Gasteiger partial charge on any atom is -0.550 e. The van der Waals surface area contributed by atoms with Gasteiger partial charge in [0.05, 0.1) is 9.95 Å². The minimum atomic E-state index is -1.53. The zero-order valence-corrected chi connectivity index (χ0v) is 25.0. The fourth-order valence-electron chi connectivity index (χ4n) is 5.50. The second kappa shape index (κ2) is 13.5. The van der Waals surface area contributed by atoms with Gasteiger partial charge in [0.2, 0.25) is 6.29 Å². The summed E-state index contributed by atoms with van der Waals surface area (Å²) in [5.74, 6) is -4.91. The Morgan fingerprint density at radius 2 is 1.73 bits per heavy atom. The molecule has 236 valence electrons. The number of esters is 3. The van der Waals surface area contributed by atoms with Crippen LogP contribution in [0.25, 0.3) is 0 Å². The number of halogens is 1. The van der Waals surface area contributed by atoms with Gasteiger partial charge in [-0.3, -0.25) is 24.5 Å². The van der Waals surface area contributed by atoms with Crippen LogP contribution < -0.4 is 14.7 Å². The monoisotopic (exact) mass is 633 g/mol. The van der Waals surface area contributed by atoms with E-state index in [1.165, 1.54) is 25.1 Å². The summed E-state index contributed by atoms with van der Waals surface area (Å²) in [4.78, 5) is 60.3. The van der Waals surface area contributed by atoms with Crippen molar-refractivity contribution in [2.24, 2.45) is 5.92 Å². The average Bonchev–Trinajstić information content (AvgIpc) is 3.35. The van der Waals surface area contributed by atoms with E-state index in [1.807, 2.05) is 4.90 Å². The molecule has 0 spiro atoms. The number of fused-ring (bicyclic) bond motifs is 1. The van der Waals surface area contributed by atoms with Crippen molar-refractivity contribution in [2.45, 2.75) is 71.2 Å². The van der Waals surface area contributed by atoms with Gasteiger partial charge in [-0.2, -0.15) is 0 Å². The highest BCUT2D eigenvalue weighted by atomic mass is 35.5. The Hall–Kier alpha value is -4.43. The number of nitro benzene ring substituents is 1. The lowest BCUT2D eigenvalue weighted by Gasteiger charge is -2.46. The van der Waals surface area contributed by atoms with Gasteiger partial charge >= 0.3 is 17.9 Å². The van der Waals surface area contributed by atoms with Crippen LogP contribution in [0.3, 0.4) is 0 Å². The Morgan fingerprint density at radius 1 is 1.05 bits per heavy atom. The van der Waals surface area contributed by atoms with Crippen LogP contribution in [0.5, 0.6) is 5.75 Å². The SMILES string of the molecule is CC(=O)O[C@@H]1[C@@H](Oc2ccc(N3CCc4cc([N+](=O)[O-])ccc43)cc2Cl)O[C@H]([C@H](C)OC(C)=O)[C@H](OC(C)=O)[C@@H]1CC(=O)[O-]. The van der Waals surface area contributed by atoms with Gasteiger partial charge in [-0.1, -0.05) is 11.6 Å². The van der Waals surface area contributed by atoms with Gasteiger partial charge in [-0.05, 0) is 49.6 Å². The maximum absolute atomic E-state index is 12.1. The van der Waals surface area contributed by atoms with E-state index in [-0.39, 0.29) is 16.5 Å². The number of anilines is 2. The fourth-order valence-corrected chi connectivity index (χ4v) is 5.72. The van der Waals surface area contributed by atoms with Gasteiger partial charge < -0.3 is 38.5 Å². The maximum atomic E-state index is 12.1. The third-order valence-electron chi connectivity index (χ3n) is 7.19. The van der Waals surface area contributed by atoms with E-state index >= 15 is 0 Å². The number of benzene rings is 2. The highest BCUT2D eigenvalue weighted by Crippen LogP contribution is 2.41. The Bertz CT molecular complexity index is 1470. The van der Waals surface area contributed by atoms with E-state index in [4.69, 9.17) is 35.3 Å². The summed E-state index contributed by atoms with van der Waals surface area (Å²) in [7, 11) is 0. The summed E-state index contributed by atoms with van der Waals surface area (Å²) in [6, 6.07) is 9.46. The Balaban J connectivity index is 1.67. The van der Waals surface area contributed by atoms with E-state index in [1.54, 1.807) is 18.2 Å². The van der Waals surface area contributed by atoms with Crippen LogP contribution in [-0.4, -0.2) is 66.1 Å². The van der Waals surface area contributed by atoms with Crippen LogP contribution in [0.2, 0.25) is 5.02 Å². The molecule has 1 fully saturated rings. The smallest absolute Gasteiger partial charge is 0.303 e. The molecule has 0 radical (unpaired) electrons. The van der Waals surface area contributed by atoms with Crippen LogP contribution in [0.1, 0.15) is 39.7 Å². The number of non-ortho nitro benzene ring substituents is 1. The highest BCUT2D eigenvalue weighted by Gasteiger charge is 2.53. The Labute approximate surface area is 256 Å². The Morgan fingerprint density at radius 3 is 2.32 bits per heavy atom. The van der Waals surface area contributed by atoms with Crippen molar-refractivity contribution in [1.29, 1.82) is 0 Å². The molecule has 0 saturated carbocycles. The predicted octanol–water partition coefficient (Wildman–Crippen LogP) is 2.62. The summed E-state index contributed by atoms with van der Waals surface area (Å²) in [5.41, 5.74) is 2.26. The molecule has 1 saturated heterocycles. The molecule has 44 heavy (non-hydrogen) atoms. The first kappa shape index (κ1) is 32.5. The largest absolute Gasteiger partial charge is 0.550 e. The van der Waals surface area contributed by atoms with Gasteiger partial charge in [-0.15, -0.1) is 0 Å². The van der Waals surface area contributed by atoms with Gasteiger partial charge in [0.25, 0.3) is 5.69 Å². The van der Waals surface area contributed by atoms with Gasteiger partial charge in [0.15, 0.2) is 6.10 Å². The van der Waals surface area contributed by atoms with Crippen LogP contribution >= 0.6 is 11.6 Å². The standard InChI is InChI=1S/C29H31ClN2O12/c1-14(40-15(2)33)26-27(41-16(3)34)21(13-25(36)37)28(42-17(4)35)29(44-26)43-24-8-6-19(12-22(24)30)31-10-9-18-11-20(32(38)39)5-7-23(18)31/h5-8,11-12,14,21,26-29H,9-10,13H2,1-4H3,(H,36,37)/p-1/t14-,21-,26+,27+,28-,29-/m0/s1. The number of rotatable bonds is 10. The quantitative estimate of drug-likeness (QED) is 0.161. The molecule has 0 aliphatic carbocycles. The molecule has 4 rings (SSSR count). The maximum Gasteiger partial charge on any atom is 0.303 e. The van der Waals surface area contributed by atoms with Gasteiger partial charge in [0.1, 0.15) is 24.1 Å². The molecular formula is C29H30ClN2O12-. The molecule has 0 amide bonds. The van der Waals surface area contributed by atoms with Gasteiger partial charge in [-0.25, -0.2) is 0 Å².